The molecule has 1 aromatic heterocycles. The van der Waals surface area contributed by atoms with Crippen molar-refractivity contribution in [3.8, 4) is 0 Å². The predicted octanol–water partition coefficient (Wildman–Crippen LogP) is 2.31. The summed E-state index contributed by atoms with van der Waals surface area (Å²) in [6.45, 7) is 5.69. The van der Waals surface area contributed by atoms with Crippen LogP contribution < -0.4 is 10.9 Å². The van der Waals surface area contributed by atoms with Crippen molar-refractivity contribution in [1.29, 1.82) is 0 Å². The van der Waals surface area contributed by atoms with Gasteiger partial charge in [0.15, 0.2) is 0 Å². The molecular formula is C14H23BrN4O. The quantitative estimate of drug-likeness (QED) is 0.826. The van der Waals surface area contributed by atoms with Crippen molar-refractivity contribution in [1.82, 2.24) is 14.7 Å². The number of hydrogen-bond donors (Lipinski definition) is 1. The molecule has 20 heavy (non-hydrogen) atoms. The van der Waals surface area contributed by atoms with Crippen molar-refractivity contribution in [2.24, 2.45) is 0 Å². The average molecular weight is 343 g/mol. The Hall–Kier alpha value is -0.880. The molecule has 1 fully saturated rings. The zero-order chi connectivity index (χ0) is 14.7. The molecule has 1 heterocycles. The lowest BCUT2D eigenvalue weighted by molar-refractivity contribution is 0.257. The summed E-state index contributed by atoms with van der Waals surface area (Å²) in [7, 11) is 2.16. The molecule has 1 unspecified atom stereocenters. The van der Waals surface area contributed by atoms with E-state index in [1.807, 2.05) is 6.92 Å². The van der Waals surface area contributed by atoms with Gasteiger partial charge in [-0.05, 0) is 49.2 Å². The topological polar surface area (TPSA) is 50.2 Å². The standard InChI is InChI=1S/C14H23BrN4O/c1-4-7-19-14(20)13(15)12(9-17-19)16-8-10(2)18(3)11-5-6-11/h9-11,16H,4-8H2,1-3H3. The largest absolute Gasteiger partial charge is 0.381 e. The van der Waals surface area contributed by atoms with E-state index < -0.39 is 0 Å². The van der Waals surface area contributed by atoms with E-state index in [0.717, 1.165) is 24.7 Å². The lowest BCUT2D eigenvalue weighted by Gasteiger charge is -2.25. The Morgan fingerprint density at radius 3 is 2.90 bits per heavy atom. The van der Waals surface area contributed by atoms with Crippen LogP contribution in [0.2, 0.25) is 0 Å². The van der Waals surface area contributed by atoms with Crippen LogP contribution >= 0.6 is 15.9 Å². The first-order chi connectivity index (χ1) is 9.54. The Balaban J connectivity index is 1.99. The van der Waals surface area contributed by atoms with Crippen LogP contribution in [0.15, 0.2) is 15.5 Å². The van der Waals surface area contributed by atoms with E-state index >= 15 is 0 Å². The summed E-state index contributed by atoms with van der Waals surface area (Å²) in [6.07, 6.45) is 5.23. The third kappa shape index (κ3) is 3.61. The number of hydrogen-bond acceptors (Lipinski definition) is 4. The summed E-state index contributed by atoms with van der Waals surface area (Å²) < 4.78 is 2.07. The second kappa shape index (κ2) is 6.72. The molecule has 1 atom stereocenters. The molecule has 6 heteroatoms. The maximum atomic E-state index is 12.1. The minimum atomic E-state index is -0.0694. The molecule has 112 valence electrons. The molecule has 0 aromatic carbocycles. The normalized spacial score (nSPS) is 16.4. The number of rotatable bonds is 7. The number of aryl methyl sites for hydroxylation is 1. The van der Waals surface area contributed by atoms with Crippen LogP contribution in [-0.4, -0.2) is 40.4 Å². The second-order valence-electron chi connectivity index (χ2n) is 5.53. The average Bonchev–Trinajstić information content (AvgIpc) is 3.26. The molecule has 1 aliphatic carbocycles. The Morgan fingerprint density at radius 2 is 2.30 bits per heavy atom. The van der Waals surface area contributed by atoms with Crippen molar-refractivity contribution in [3.05, 3.63) is 21.0 Å². The lowest BCUT2D eigenvalue weighted by Crippen LogP contribution is -2.36. The summed E-state index contributed by atoms with van der Waals surface area (Å²) in [4.78, 5) is 14.5. The predicted molar refractivity (Wildman–Crippen MR) is 85.2 cm³/mol. The van der Waals surface area contributed by atoms with Crippen LogP contribution in [0.4, 0.5) is 5.69 Å². The van der Waals surface area contributed by atoms with Crippen LogP contribution in [-0.2, 0) is 6.54 Å². The minimum absolute atomic E-state index is 0.0694. The molecular weight excluding hydrogens is 320 g/mol. The van der Waals surface area contributed by atoms with Gasteiger partial charge in [-0.3, -0.25) is 9.69 Å². The van der Waals surface area contributed by atoms with Crippen LogP contribution in [0, 0.1) is 0 Å². The molecule has 0 radical (unpaired) electrons. The van der Waals surface area contributed by atoms with Crippen molar-refractivity contribution in [2.75, 3.05) is 18.9 Å². The molecule has 5 nitrogen and oxygen atoms in total. The van der Waals surface area contributed by atoms with Crippen molar-refractivity contribution in [2.45, 2.75) is 51.7 Å². The summed E-state index contributed by atoms with van der Waals surface area (Å²) in [5, 5.41) is 7.52. The Morgan fingerprint density at radius 1 is 1.60 bits per heavy atom. The number of nitrogens with one attached hydrogen (secondary N) is 1. The highest BCUT2D eigenvalue weighted by molar-refractivity contribution is 9.10. The Labute approximate surface area is 128 Å². The Kier molecular flexibility index (Phi) is 5.21. The molecule has 2 rings (SSSR count). The molecule has 0 saturated heterocycles. The summed E-state index contributed by atoms with van der Waals surface area (Å²) in [6, 6.07) is 1.18. The van der Waals surface area contributed by atoms with E-state index in [1.54, 1.807) is 6.20 Å². The van der Waals surface area contributed by atoms with Gasteiger partial charge in [0, 0.05) is 25.2 Å². The van der Waals surface area contributed by atoms with E-state index in [9.17, 15) is 4.79 Å². The highest BCUT2D eigenvalue weighted by Crippen LogP contribution is 2.27. The smallest absolute Gasteiger partial charge is 0.283 e. The van der Waals surface area contributed by atoms with Crippen LogP contribution in [0.25, 0.3) is 0 Å². The molecule has 1 aromatic rings. The van der Waals surface area contributed by atoms with Gasteiger partial charge in [0.05, 0.1) is 11.9 Å². The van der Waals surface area contributed by atoms with Crippen molar-refractivity contribution in [3.63, 3.8) is 0 Å². The maximum absolute atomic E-state index is 12.1. The van der Waals surface area contributed by atoms with Crippen molar-refractivity contribution < 1.29 is 0 Å². The van der Waals surface area contributed by atoms with Crippen LogP contribution in [0.5, 0.6) is 0 Å². The summed E-state index contributed by atoms with van der Waals surface area (Å²) in [5.74, 6) is 0. The first kappa shape index (κ1) is 15.5. The first-order valence-electron chi connectivity index (χ1n) is 7.26. The molecule has 0 bridgehead atoms. The van der Waals surface area contributed by atoms with Gasteiger partial charge in [-0.25, -0.2) is 4.68 Å². The number of halogens is 1. The van der Waals surface area contributed by atoms with E-state index in [1.165, 1.54) is 17.5 Å². The van der Waals surface area contributed by atoms with E-state index in [4.69, 9.17) is 0 Å². The minimum Gasteiger partial charge on any atom is -0.381 e. The van der Waals surface area contributed by atoms with Gasteiger partial charge >= 0.3 is 0 Å². The monoisotopic (exact) mass is 342 g/mol. The SMILES string of the molecule is CCCn1ncc(NCC(C)N(C)C2CC2)c(Br)c1=O. The maximum Gasteiger partial charge on any atom is 0.283 e. The third-order valence-electron chi connectivity index (χ3n) is 3.83. The number of aromatic nitrogens is 2. The molecule has 0 spiro atoms. The molecule has 1 N–H and O–H groups in total. The second-order valence-corrected chi connectivity index (χ2v) is 6.32. The van der Waals surface area contributed by atoms with Gasteiger partial charge in [-0.1, -0.05) is 6.92 Å². The van der Waals surface area contributed by atoms with E-state index in [2.05, 4.69) is 45.2 Å². The third-order valence-corrected chi connectivity index (χ3v) is 4.59. The fraction of sp³-hybridized carbons (Fsp3) is 0.714. The van der Waals surface area contributed by atoms with Gasteiger partial charge in [-0.2, -0.15) is 5.10 Å². The molecule has 1 aliphatic rings. The van der Waals surface area contributed by atoms with Crippen LogP contribution in [0.3, 0.4) is 0 Å². The van der Waals surface area contributed by atoms with E-state index in [0.29, 0.717) is 17.1 Å². The highest BCUT2D eigenvalue weighted by atomic mass is 79.9. The van der Waals surface area contributed by atoms with Crippen molar-refractivity contribution >= 4 is 21.6 Å². The molecule has 0 amide bonds. The van der Waals surface area contributed by atoms with E-state index in [-0.39, 0.29) is 5.56 Å². The van der Waals surface area contributed by atoms with Gasteiger partial charge in [0.2, 0.25) is 0 Å². The fourth-order valence-corrected chi connectivity index (χ4v) is 2.65. The highest BCUT2D eigenvalue weighted by Gasteiger charge is 2.28. The fourth-order valence-electron chi connectivity index (χ4n) is 2.20. The number of nitrogens with zero attached hydrogens (tertiary/aromatic N) is 3. The first-order valence-corrected chi connectivity index (χ1v) is 8.05. The van der Waals surface area contributed by atoms with Gasteiger partial charge in [0.25, 0.3) is 5.56 Å². The number of likely N-dealkylation sites (N-methyl/N-ethyl adjacent to an activating group) is 1. The van der Waals surface area contributed by atoms with Gasteiger partial charge in [-0.15, -0.1) is 0 Å². The number of anilines is 1. The van der Waals surface area contributed by atoms with Gasteiger partial charge < -0.3 is 5.32 Å². The van der Waals surface area contributed by atoms with Crippen LogP contribution in [0.1, 0.15) is 33.1 Å². The zero-order valence-corrected chi connectivity index (χ0v) is 14.0. The molecule has 0 aliphatic heterocycles. The lowest BCUT2D eigenvalue weighted by atomic mass is 10.3. The summed E-state index contributed by atoms with van der Waals surface area (Å²) in [5.41, 5.74) is 0.707. The Bertz CT molecular complexity index is 512. The zero-order valence-electron chi connectivity index (χ0n) is 12.4. The van der Waals surface area contributed by atoms with Gasteiger partial charge in [0.1, 0.15) is 4.47 Å². The molecule has 1 saturated carbocycles. The summed E-state index contributed by atoms with van der Waals surface area (Å²) >= 11 is 3.38.